The second-order valence-corrected chi connectivity index (χ2v) is 4.19. The summed E-state index contributed by atoms with van der Waals surface area (Å²) in [5.74, 6) is -0.395. The largest absolute Gasteiger partial charge is 0.481 e. The Morgan fingerprint density at radius 3 is 2.73 bits per heavy atom. The Morgan fingerprint density at radius 2 is 2.20 bits per heavy atom. The lowest BCUT2D eigenvalue weighted by Crippen LogP contribution is -2.07. The summed E-state index contributed by atoms with van der Waals surface area (Å²) in [6.07, 6.45) is 0.952. The van der Waals surface area contributed by atoms with Gasteiger partial charge in [-0.1, -0.05) is 30.6 Å². The lowest BCUT2D eigenvalue weighted by Gasteiger charge is -2.14. The standard InChI is InChI=1S/C12H17BO2/c1-8(3-6-12(14)15)11-5-4-10(13)7-9(11)2/h4-5,7-8H,3,6,13H2,1-2H3,(H,14,15)/t8-/m0/s1. The Labute approximate surface area is 91.7 Å². The Bertz CT molecular complexity index is 361. The number of hydrogen-bond acceptors (Lipinski definition) is 1. The van der Waals surface area contributed by atoms with Gasteiger partial charge in [0.15, 0.2) is 0 Å². The van der Waals surface area contributed by atoms with Gasteiger partial charge in [-0.3, -0.25) is 4.79 Å². The molecule has 0 saturated carbocycles. The molecule has 3 heteroatoms. The van der Waals surface area contributed by atoms with Gasteiger partial charge < -0.3 is 5.11 Å². The smallest absolute Gasteiger partial charge is 0.303 e. The van der Waals surface area contributed by atoms with E-state index in [1.165, 1.54) is 16.6 Å². The van der Waals surface area contributed by atoms with Gasteiger partial charge >= 0.3 is 5.97 Å². The van der Waals surface area contributed by atoms with Crippen LogP contribution in [-0.2, 0) is 4.79 Å². The number of benzene rings is 1. The molecular weight excluding hydrogens is 187 g/mol. The van der Waals surface area contributed by atoms with Crippen molar-refractivity contribution in [1.82, 2.24) is 0 Å². The van der Waals surface area contributed by atoms with Gasteiger partial charge in [-0.15, -0.1) is 0 Å². The molecule has 0 fully saturated rings. The van der Waals surface area contributed by atoms with Crippen LogP contribution in [0.15, 0.2) is 18.2 Å². The van der Waals surface area contributed by atoms with E-state index in [4.69, 9.17) is 5.11 Å². The molecule has 80 valence electrons. The molecule has 0 spiro atoms. The quantitative estimate of drug-likeness (QED) is 0.748. The van der Waals surface area contributed by atoms with Gasteiger partial charge in [-0.05, 0) is 30.4 Å². The molecule has 1 atom stereocenters. The van der Waals surface area contributed by atoms with Crippen LogP contribution in [0, 0.1) is 6.92 Å². The summed E-state index contributed by atoms with van der Waals surface area (Å²) in [7, 11) is 2.07. The van der Waals surface area contributed by atoms with Crippen molar-refractivity contribution in [3.63, 3.8) is 0 Å². The van der Waals surface area contributed by atoms with Crippen LogP contribution in [0.4, 0.5) is 0 Å². The molecule has 0 aliphatic carbocycles. The SMILES string of the molecule is Bc1ccc([C@@H](C)CCC(=O)O)c(C)c1. The maximum atomic E-state index is 10.5. The summed E-state index contributed by atoms with van der Waals surface area (Å²) < 4.78 is 0. The van der Waals surface area contributed by atoms with Gasteiger partial charge in [-0.2, -0.15) is 0 Å². The van der Waals surface area contributed by atoms with Crippen LogP contribution in [0.5, 0.6) is 0 Å². The summed E-state index contributed by atoms with van der Waals surface area (Å²) in [6.45, 7) is 4.17. The number of carboxylic acids is 1. The van der Waals surface area contributed by atoms with Gasteiger partial charge in [0, 0.05) is 6.42 Å². The van der Waals surface area contributed by atoms with Crippen LogP contribution in [0.3, 0.4) is 0 Å². The summed E-state index contributed by atoms with van der Waals surface area (Å²) in [5, 5.41) is 8.62. The predicted octanol–water partition coefficient (Wildman–Crippen LogP) is 1.22. The Hall–Kier alpha value is -1.25. The third-order valence-corrected chi connectivity index (χ3v) is 2.75. The highest BCUT2D eigenvalue weighted by Gasteiger charge is 2.10. The number of rotatable bonds is 4. The summed E-state index contributed by atoms with van der Waals surface area (Å²) in [5.41, 5.74) is 3.77. The number of carboxylic acid groups (broad SMARTS) is 1. The molecule has 1 N–H and O–H groups in total. The molecule has 2 nitrogen and oxygen atoms in total. The fraction of sp³-hybridized carbons (Fsp3) is 0.417. The van der Waals surface area contributed by atoms with Gasteiger partial charge in [0.25, 0.3) is 0 Å². The summed E-state index contributed by atoms with van der Waals surface area (Å²) in [6, 6.07) is 6.34. The van der Waals surface area contributed by atoms with E-state index in [9.17, 15) is 4.79 Å². The van der Waals surface area contributed by atoms with Crippen LogP contribution in [0.1, 0.15) is 36.8 Å². The van der Waals surface area contributed by atoms with E-state index in [2.05, 4.69) is 39.9 Å². The fourth-order valence-corrected chi connectivity index (χ4v) is 1.87. The molecule has 0 heterocycles. The molecule has 1 aromatic rings. The van der Waals surface area contributed by atoms with Crippen LogP contribution in [-0.4, -0.2) is 18.9 Å². The maximum absolute atomic E-state index is 10.5. The topological polar surface area (TPSA) is 37.3 Å². The zero-order valence-electron chi connectivity index (χ0n) is 9.58. The predicted molar refractivity (Wildman–Crippen MR) is 64.6 cm³/mol. The first-order valence-electron chi connectivity index (χ1n) is 5.29. The average molecular weight is 204 g/mol. The highest BCUT2D eigenvalue weighted by atomic mass is 16.4. The molecule has 0 aromatic heterocycles. The van der Waals surface area contributed by atoms with Crippen molar-refractivity contribution in [2.24, 2.45) is 0 Å². The molecule has 0 aliphatic heterocycles. The highest BCUT2D eigenvalue weighted by molar-refractivity contribution is 6.32. The van der Waals surface area contributed by atoms with Crippen molar-refractivity contribution in [2.75, 3.05) is 0 Å². The zero-order chi connectivity index (χ0) is 11.4. The second kappa shape index (κ2) is 5.01. The molecule has 0 radical (unpaired) electrons. The average Bonchev–Trinajstić information content (AvgIpc) is 2.14. The number of aliphatic carboxylic acids is 1. The molecule has 1 rings (SSSR count). The van der Waals surface area contributed by atoms with E-state index in [1.54, 1.807) is 0 Å². The third-order valence-electron chi connectivity index (χ3n) is 2.75. The van der Waals surface area contributed by atoms with Gasteiger partial charge in [-0.25, -0.2) is 0 Å². The molecule has 1 aromatic carbocycles. The monoisotopic (exact) mass is 204 g/mol. The lowest BCUT2D eigenvalue weighted by molar-refractivity contribution is -0.137. The molecule has 0 bridgehead atoms. The minimum atomic E-state index is -0.716. The Morgan fingerprint density at radius 1 is 1.53 bits per heavy atom. The Balaban J connectivity index is 2.73. The van der Waals surface area contributed by atoms with E-state index >= 15 is 0 Å². The van der Waals surface area contributed by atoms with Crippen molar-refractivity contribution >= 4 is 19.3 Å². The van der Waals surface area contributed by atoms with Crippen LogP contribution in [0.25, 0.3) is 0 Å². The van der Waals surface area contributed by atoms with E-state index < -0.39 is 5.97 Å². The van der Waals surface area contributed by atoms with Crippen LogP contribution in [0.2, 0.25) is 0 Å². The van der Waals surface area contributed by atoms with Crippen LogP contribution < -0.4 is 5.46 Å². The Kier molecular flexibility index (Phi) is 3.95. The first kappa shape index (κ1) is 11.8. The van der Waals surface area contributed by atoms with Gasteiger partial charge in [0.1, 0.15) is 7.85 Å². The normalized spacial score (nSPS) is 12.4. The van der Waals surface area contributed by atoms with E-state index in [-0.39, 0.29) is 6.42 Å². The van der Waals surface area contributed by atoms with E-state index in [1.807, 2.05) is 0 Å². The van der Waals surface area contributed by atoms with Crippen molar-refractivity contribution < 1.29 is 9.90 Å². The zero-order valence-corrected chi connectivity index (χ0v) is 9.58. The first-order valence-corrected chi connectivity index (χ1v) is 5.29. The lowest BCUT2D eigenvalue weighted by atomic mass is 9.87. The van der Waals surface area contributed by atoms with Gasteiger partial charge in [0.2, 0.25) is 0 Å². The van der Waals surface area contributed by atoms with Crippen LogP contribution >= 0.6 is 0 Å². The summed E-state index contributed by atoms with van der Waals surface area (Å²) in [4.78, 5) is 10.5. The maximum Gasteiger partial charge on any atom is 0.303 e. The number of carbonyl (C=O) groups is 1. The number of hydrogen-bond donors (Lipinski definition) is 1. The van der Waals surface area contributed by atoms with E-state index in [0.29, 0.717) is 12.3 Å². The molecule has 0 aliphatic rings. The molecule has 15 heavy (non-hydrogen) atoms. The fourth-order valence-electron chi connectivity index (χ4n) is 1.87. The first-order chi connectivity index (χ1) is 7.00. The highest BCUT2D eigenvalue weighted by Crippen LogP contribution is 2.22. The molecular formula is C12H17BO2. The van der Waals surface area contributed by atoms with Crippen molar-refractivity contribution in [3.8, 4) is 0 Å². The minimum absolute atomic E-state index is 0.245. The van der Waals surface area contributed by atoms with Crippen molar-refractivity contribution in [3.05, 3.63) is 29.3 Å². The number of aryl methyl sites for hydroxylation is 1. The summed E-state index contributed by atoms with van der Waals surface area (Å²) >= 11 is 0. The second-order valence-electron chi connectivity index (χ2n) is 4.19. The van der Waals surface area contributed by atoms with E-state index in [0.717, 1.165) is 0 Å². The molecule has 0 saturated heterocycles. The van der Waals surface area contributed by atoms with Crippen molar-refractivity contribution in [1.29, 1.82) is 0 Å². The third kappa shape index (κ3) is 3.42. The van der Waals surface area contributed by atoms with Crippen molar-refractivity contribution in [2.45, 2.75) is 32.6 Å². The minimum Gasteiger partial charge on any atom is -0.481 e. The molecule has 0 unspecified atom stereocenters. The molecule has 0 amide bonds. The van der Waals surface area contributed by atoms with Gasteiger partial charge in [0.05, 0.1) is 0 Å².